The number of nitrogens with one attached hydrogen (secondary N) is 1. The molecule has 1 N–H and O–H groups in total. The van der Waals surface area contributed by atoms with Crippen molar-refractivity contribution < 1.29 is 4.79 Å². The van der Waals surface area contributed by atoms with Gasteiger partial charge in [-0.15, -0.1) is 0 Å². The first-order valence-corrected chi connectivity index (χ1v) is 8.74. The van der Waals surface area contributed by atoms with Crippen LogP contribution in [0.4, 0.5) is 5.69 Å². The topological polar surface area (TPSA) is 29.1 Å². The number of carbonyl (C=O) groups is 1. The highest BCUT2D eigenvalue weighted by Crippen LogP contribution is 2.79. The van der Waals surface area contributed by atoms with Crippen LogP contribution in [-0.2, 0) is 4.79 Å². The Hall–Kier alpha value is -0.250. The van der Waals surface area contributed by atoms with E-state index < -0.39 is 0 Å². The van der Waals surface area contributed by atoms with Gasteiger partial charge in [-0.2, -0.15) is 0 Å². The van der Waals surface area contributed by atoms with Crippen molar-refractivity contribution in [1.82, 2.24) is 0 Å². The van der Waals surface area contributed by atoms with Crippen LogP contribution in [0, 0.1) is 16.2 Å². The van der Waals surface area contributed by atoms with Crippen LogP contribution in [0.25, 0.3) is 0 Å². The molecular formula is C16H18BrCl2NO. The van der Waals surface area contributed by atoms with Crippen molar-refractivity contribution in [1.29, 1.82) is 0 Å². The van der Waals surface area contributed by atoms with Gasteiger partial charge >= 0.3 is 0 Å². The van der Waals surface area contributed by atoms with Crippen LogP contribution < -0.4 is 5.32 Å². The second-order valence-corrected chi connectivity index (χ2v) is 8.71. The maximum absolute atomic E-state index is 13.0. The molecule has 0 radical (unpaired) electrons. The summed E-state index contributed by atoms with van der Waals surface area (Å²) in [5.74, 6) is 0.0357. The second-order valence-electron chi connectivity index (χ2n) is 6.95. The molecule has 2 nitrogen and oxygen atoms in total. The van der Waals surface area contributed by atoms with Crippen molar-refractivity contribution in [2.75, 3.05) is 5.32 Å². The third-order valence-corrected chi connectivity index (χ3v) is 8.51. The van der Waals surface area contributed by atoms with Gasteiger partial charge in [0, 0.05) is 9.85 Å². The van der Waals surface area contributed by atoms with Gasteiger partial charge in [0.1, 0.15) is 0 Å². The molecule has 21 heavy (non-hydrogen) atoms. The summed E-state index contributed by atoms with van der Waals surface area (Å²) in [6, 6.07) is 5.11. The highest BCUT2D eigenvalue weighted by molar-refractivity contribution is 9.09. The quantitative estimate of drug-likeness (QED) is 0.661. The number of rotatable bonds is 2. The Morgan fingerprint density at radius 3 is 2.48 bits per heavy atom. The van der Waals surface area contributed by atoms with Gasteiger partial charge in [-0.1, -0.05) is 59.9 Å². The maximum Gasteiger partial charge on any atom is 0.232 e. The molecular weight excluding hydrogens is 373 g/mol. The predicted octanol–water partition coefficient (Wildman–Crippen LogP) is 5.52. The number of anilines is 1. The molecule has 3 aliphatic carbocycles. The number of carbonyl (C=O) groups excluding carboxylic acids is 1. The molecule has 0 aliphatic heterocycles. The van der Waals surface area contributed by atoms with Crippen LogP contribution in [0.1, 0.15) is 33.6 Å². The van der Waals surface area contributed by atoms with Crippen LogP contribution in [0.2, 0.25) is 10.0 Å². The number of hydrogen-bond acceptors (Lipinski definition) is 1. The third-order valence-electron chi connectivity index (χ3n) is 6.16. The molecule has 0 aromatic heterocycles. The molecule has 0 spiro atoms. The summed E-state index contributed by atoms with van der Waals surface area (Å²) in [5.41, 5.74) is 0.332. The van der Waals surface area contributed by atoms with Gasteiger partial charge in [0.15, 0.2) is 0 Å². The number of fused-ring (bicyclic) bond motifs is 1. The first kappa shape index (κ1) is 15.6. The monoisotopic (exact) mass is 389 g/mol. The van der Waals surface area contributed by atoms with E-state index in [9.17, 15) is 4.79 Å². The van der Waals surface area contributed by atoms with E-state index in [2.05, 4.69) is 42.0 Å². The van der Waals surface area contributed by atoms with Gasteiger partial charge in [-0.3, -0.25) is 4.79 Å². The smallest absolute Gasteiger partial charge is 0.232 e. The fourth-order valence-corrected chi connectivity index (χ4v) is 6.43. The number of alkyl halides is 1. The van der Waals surface area contributed by atoms with Crippen molar-refractivity contribution in [3.63, 3.8) is 0 Å². The number of hydrogen-bond donors (Lipinski definition) is 1. The average molecular weight is 391 g/mol. The highest BCUT2D eigenvalue weighted by atomic mass is 79.9. The van der Waals surface area contributed by atoms with Crippen LogP contribution in [-0.4, -0.2) is 10.7 Å². The molecule has 1 amide bonds. The van der Waals surface area contributed by atoms with Gasteiger partial charge in [-0.05, 0) is 41.9 Å². The Morgan fingerprint density at radius 2 is 1.95 bits per heavy atom. The van der Waals surface area contributed by atoms with Crippen molar-refractivity contribution in [3.05, 3.63) is 28.2 Å². The van der Waals surface area contributed by atoms with E-state index in [1.165, 1.54) is 0 Å². The third kappa shape index (κ3) is 1.74. The Labute approximate surface area is 143 Å². The van der Waals surface area contributed by atoms with E-state index in [1.54, 1.807) is 18.2 Å². The Kier molecular flexibility index (Phi) is 3.44. The molecule has 2 bridgehead atoms. The van der Waals surface area contributed by atoms with Crippen LogP contribution >= 0.6 is 39.1 Å². The van der Waals surface area contributed by atoms with E-state index in [1.807, 2.05) is 0 Å². The summed E-state index contributed by atoms with van der Waals surface area (Å²) in [5, 5.41) is 4.06. The Bertz CT molecular complexity index is 633. The minimum atomic E-state index is -0.382. The van der Waals surface area contributed by atoms with Gasteiger partial charge in [0.05, 0.1) is 16.1 Å². The maximum atomic E-state index is 13.0. The minimum Gasteiger partial charge on any atom is -0.324 e. The van der Waals surface area contributed by atoms with Gasteiger partial charge in [-0.25, -0.2) is 0 Å². The van der Waals surface area contributed by atoms with Crippen molar-refractivity contribution in [2.24, 2.45) is 16.2 Å². The second kappa shape index (κ2) is 4.62. The molecule has 114 valence electrons. The average Bonchev–Trinajstić information content (AvgIpc) is 2.82. The summed E-state index contributed by atoms with van der Waals surface area (Å²) in [4.78, 5) is 13.2. The summed E-state index contributed by atoms with van der Waals surface area (Å²) in [7, 11) is 0. The fraction of sp³-hybridized carbons (Fsp3) is 0.562. The van der Waals surface area contributed by atoms with Crippen LogP contribution in [0.15, 0.2) is 18.2 Å². The summed E-state index contributed by atoms with van der Waals surface area (Å²) >= 11 is 15.9. The molecule has 0 saturated heterocycles. The van der Waals surface area contributed by atoms with E-state index in [0.29, 0.717) is 15.7 Å². The van der Waals surface area contributed by atoms with Crippen molar-refractivity contribution >= 4 is 50.7 Å². The Balaban J connectivity index is 1.92. The van der Waals surface area contributed by atoms with Gasteiger partial charge in [0.2, 0.25) is 5.91 Å². The molecule has 4 rings (SSSR count). The molecule has 3 atom stereocenters. The van der Waals surface area contributed by atoms with Gasteiger partial charge in [0.25, 0.3) is 0 Å². The predicted molar refractivity (Wildman–Crippen MR) is 91.4 cm³/mol. The standard InChI is InChI=1S/C16H18BrCl2NO/c1-14(2)15(3)6-7-16(14,12(15)17)13(21)20-11-8-9(18)4-5-10(11)19/h4-5,8,12H,6-7H2,1-3H3,(H,20,21)/t12-,15-,16-/m1/s1. The lowest BCUT2D eigenvalue weighted by Gasteiger charge is -2.64. The molecule has 3 saturated carbocycles. The highest BCUT2D eigenvalue weighted by Gasteiger charge is 2.80. The largest absolute Gasteiger partial charge is 0.324 e. The number of amides is 1. The fourth-order valence-electron chi connectivity index (χ4n) is 4.28. The van der Waals surface area contributed by atoms with E-state index >= 15 is 0 Å². The summed E-state index contributed by atoms with van der Waals surface area (Å²) in [6.45, 7) is 6.64. The molecule has 0 unspecified atom stereocenters. The SMILES string of the molecule is CC1(C)[C@]2(C(=O)Nc3cc(Cl)ccc3Cl)CC[C@]1(C)[C@H]2Br. The summed E-state index contributed by atoms with van der Waals surface area (Å²) < 4.78 is 0. The summed E-state index contributed by atoms with van der Waals surface area (Å²) in [6.07, 6.45) is 1.96. The Morgan fingerprint density at radius 1 is 1.29 bits per heavy atom. The number of benzene rings is 1. The molecule has 0 heterocycles. The van der Waals surface area contributed by atoms with E-state index in [4.69, 9.17) is 23.2 Å². The first-order valence-electron chi connectivity index (χ1n) is 7.07. The van der Waals surface area contributed by atoms with Crippen molar-refractivity contribution in [3.8, 4) is 0 Å². The molecule has 1 aromatic rings. The normalized spacial score (nSPS) is 36.2. The first-order chi connectivity index (χ1) is 9.67. The van der Waals surface area contributed by atoms with Crippen LogP contribution in [0.5, 0.6) is 0 Å². The lowest BCUT2D eigenvalue weighted by molar-refractivity contribution is -0.155. The van der Waals surface area contributed by atoms with E-state index in [0.717, 1.165) is 12.8 Å². The minimum absolute atomic E-state index is 0.0357. The molecule has 3 aliphatic rings. The lowest BCUT2D eigenvalue weighted by atomic mass is 9.43. The molecule has 3 fully saturated rings. The zero-order valence-corrected chi connectivity index (χ0v) is 15.4. The van der Waals surface area contributed by atoms with Crippen molar-refractivity contribution in [2.45, 2.75) is 38.4 Å². The zero-order valence-electron chi connectivity index (χ0n) is 12.3. The molecule has 1 aromatic carbocycles. The molecule has 5 heteroatoms. The van der Waals surface area contributed by atoms with Crippen LogP contribution in [0.3, 0.4) is 0 Å². The van der Waals surface area contributed by atoms with E-state index in [-0.39, 0.29) is 27.0 Å². The number of halogens is 3. The van der Waals surface area contributed by atoms with Gasteiger partial charge < -0.3 is 5.32 Å². The lowest BCUT2D eigenvalue weighted by Crippen LogP contribution is -2.68. The zero-order chi connectivity index (χ0) is 15.6.